The highest BCUT2D eigenvalue weighted by Crippen LogP contribution is 2.31. The summed E-state index contributed by atoms with van der Waals surface area (Å²) in [6, 6.07) is 1.05. The summed E-state index contributed by atoms with van der Waals surface area (Å²) < 4.78 is 0. The van der Waals surface area contributed by atoms with Crippen molar-refractivity contribution in [2.24, 2.45) is 11.8 Å². The van der Waals surface area contributed by atoms with Crippen molar-refractivity contribution in [3.05, 3.63) is 0 Å². The van der Waals surface area contributed by atoms with Gasteiger partial charge in [0.05, 0.1) is 6.10 Å². The molecule has 0 aliphatic heterocycles. The molecule has 2 N–H and O–H groups in total. The molecular weight excluding hydrogens is 174 g/mol. The fourth-order valence-electron chi connectivity index (χ4n) is 2.77. The molecule has 2 fully saturated rings. The summed E-state index contributed by atoms with van der Waals surface area (Å²) in [6.45, 7) is 4.71. The molecule has 5 atom stereocenters. The molecule has 0 aromatic rings. The Morgan fingerprint density at radius 1 is 1.00 bits per heavy atom. The average Bonchev–Trinajstić information content (AvgIpc) is 2.18. The van der Waals surface area contributed by atoms with Gasteiger partial charge in [0.25, 0.3) is 0 Å². The minimum Gasteiger partial charge on any atom is -0.392 e. The fourth-order valence-corrected chi connectivity index (χ4v) is 2.77. The summed E-state index contributed by atoms with van der Waals surface area (Å²) in [7, 11) is 0. The maximum absolute atomic E-state index is 9.53. The van der Waals surface area contributed by atoms with Crippen molar-refractivity contribution >= 4 is 0 Å². The van der Waals surface area contributed by atoms with Crippen LogP contribution in [0, 0.1) is 11.8 Å². The Morgan fingerprint density at radius 3 is 2.36 bits per heavy atom. The average molecular weight is 197 g/mol. The summed E-state index contributed by atoms with van der Waals surface area (Å²) in [4.78, 5) is 0. The zero-order chi connectivity index (χ0) is 10.1. The van der Waals surface area contributed by atoms with Gasteiger partial charge < -0.3 is 10.4 Å². The van der Waals surface area contributed by atoms with E-state index in [1.807, 2.05) is 0 Å². The predicted octanol–water partition coefficient (Wildman–Crippen LogP) is 1.92. The van der Waals surface area contributed by atoms with E-state index in [2.05, 4.69) is 19.2 Å². The van der Waals surface area contributed by atoms with Crippen molar-refractivity contribution < 1.29 is 5.11 Å². The van der Waals surface area contributed by atoms with Crippen LogP contribution in [0.4, 0.5) is 0 Å². The van der Waals surface area contributed by atoms with E-state index in [0.29, 0.717) is 12.1 Å². The van der Waals surface area contributed by atoms with Crippen LogP contribution in [0.5, 0.6) is 0 Å². The third-order valence-electron chi connectivity index (χ3n) is 4.37. The van der Waals surface area contributed by atoms with E-state index in [0.717, 1.165) is 18.3 Å². The van der Waals surface area contributed by atoms with Gasteiger partial charge in [-0.15, -0.1) is 0 Å². The smallest absolute Gasteiger partial charge is 0.0693 e. The molecule has 2 aliphatic carbocycles. The first-order chi connectivity index (χ1) is 6.68. The predicted molar refractivity (Wildman–Crippen MR) is 58.1 cm³/mol. The standard InChI is InChI=1S/C12H23NO/c1-8-4-3-5-10(9(8)2)13-11-6-7-12(11)14/h8-14H,3-7H2,1-2H3/t8?,9?,10?,11-,12-/m1/s1. The molecular formula is C12H23NO. The first-order valence-electron chi connectivity index (χ1n) is 6.12. The molecule has 2 nitrogen and oxygen atoms in total. The minimum absolute atomic E-state index is 0.0700. The van der Waals surface area contributed by atoms with Gasteiger partial charge in [0, 0.05) is 12.1 Å². The van der Waals surface area contributed by atoms with E-state index >= 15 is 0 Å². The van der Waals surface area contributed by atoms with Crippen LogP contribution in [0.1, 0.15) is 46.0 Å². The van der Waals surface area contributed by atoms with Crippen molar-refractivity contribution in [3.8, 4) is 0 Å². The third-order valence-corrected chi connectivity index (χ3v) is 4.37. The van der Waals surface area contributed by atoms with E-state index in [4.69, 9.17) is 0 Å². The molecule has 2 saturated carbocycles. The molecule has 0 aromatic heterocycles. The Bertz CT molecular complexity index is 195. The van der Waals surface area contributed by atoms with Gasteiger partial charge in [-0.1, -0.05) is 26.7 Å². The van der Waals surface area contributed by atoms with Crippen LogP contribution in [0.3, 0.4) is 0 Å². The number of hydrogen-bond donors (Lipinski definition) is 2. The Hall–Kier alpha value is -0.0800. The van der Waals surface area contributed by atoms with Gasteiger partial charge in [-0.2, -0.15) is 0 Å². The van der Waals surface area contributed by atoms with Crippen LogP contribution >= 0.6 is 0 Å². The summed E-state index contributed by atoms with van der Waals surface area (Å²) in [6.07, 6.45) is 6.12. The highest BCUT2D eigenvalue weighted by molar-refractivity contribution is 4.92. The molecule has 0 saturated heterocycles. The summed E-state index contributed by atoms with van der Waals surface area (Å²) in [5, 5.41) is 13.2. The van der Waals surface area contributed by atoms with Gasteiger partial charge in [-0.05, 0) is 31.1 Å². The third kappa shape index (κ3) is 1.96. The van der Waals surface area contributed by atoms with Gasteiger partial charge in [0.2, 0.25) is 0 Å². The number of aliphatic hydroxyl groups excluding tert-OH is 1. The molecule has 0 radical (unpaired) electrons. The second-order valence-corrected chi connectivity index (χ2v) is 5.29. The second kappa shape index (κ2) is 4.19. The van der Waals surface area contributed by atoms with Gasteiger partial charge in [0.15, 0.2) is 0 Å². The van der Waals surface area contributed by atoms with Crippen molar-refractivity contribution in [2.75, 3.05) is 0 Å². The van der Waals surface area contributed by atoms with Gasteiger partial charge >= 0.3 is 0 Å². The molecule has 0 spiro atoms. The van der Waals surface area contributed by atoms with Gasteiger partial charge in [0.1, 0.15) is 0 Å². The molecule has 0 amide bonds. The molecule has 0 bridgehead atoms. The monoisotopic (exact) mass is 197 g/mol. The van der Waals surface area contributed by atoms with Gasteiger partial charge in [-0.25, -0.2) is 0 Å². The Kier molecular flexibility index (Phi) is 3.13. The molecule has 0 aromatic carbocycles. The molecule has 82 valence electrons. The van der Waals surface area contributed by atoms with E-state index < -0.39 is 0 Å². The van der Waals surface area contributed by atoms with E-state index in [1.54, 1.807) is 0 Å². The number of nitrogens with one attached hydrogen (secondary N) is 1. The maximum atomic E-state index is 9.53. The number of hydrogen-bond acceptors (Lipinski definition) is 2. The summed E-state index contributed by atoms with van der Waals surface area (Å²) >= 11 is 0. The van der Waals surface area contributed by atoms with E-state index in [9.17, 15) is 5.11 Å². The molecule has 2 heteroatoms. The quantitative estimate of drug-likeness (QED) is 0.709. The Morgan fingerprint density at radius 2 is 1.79 bits per heavy atom. The van der Waals surface area contributed by atoms with Crippen molar-refractivity contribution in [1.29, 1.82) is 0 Å². The summed E-state index contributed by atoms with van der Waals surface area (Å²) in [5.74, 6) is 1.62. The molecule has 2 rings (SSSR count). The van der Waals surface area contributed by atoms with Crippen LogP contribution in [0.15, 0.2) is 0 Å². The first-order valence-corrected chi connectivity index (χ1v) is 6.12. The molecule has 14 heavy (non-hydrogen) atoms. The SMILES string of the molecule is CC1CCCC(N[C@@H]2CC[C@H]2O)C1C. The van der Waals surface area contributed by atoms with Crippen molar-refractivity contribution in [3.63, 3.8) is 0 Å². The van der Waals surface area contributed by atoms with Crippen LogP contribution in [-0.2, 0) is 0 Å². The number of rotatable bonds is 2. The van der Waals surface area contributed by atoms with Crippen LogP contribution < -0.4 is 5.32 Å². The van der Waals surface area contributed by atoms with E-state index in [1.165, 1.54) is 25.7 Å². The number of aliphatic hydroxyl groups is 1. The normalized spacial score (nSPS) is 48.6. The molecule has 2 aliphatic rings. The van der Waals surface area contributed by atoms with Crippen molar-refractivity contribution in [2.45, 2.75) is 64.1 Å². The first kappa shape index (κ1) is 10.4. The largest absolute Gasteiger partial charge is 0.392 e. The second-order valence-electron chi connectivity index (χ2n) is 5.29. The fraction of sp³-hybridized carbons (Fsp3) is 1.00. The lowest BCUT2D eigenvalue weighted by Crippen LogP contribution is -2.54. The van der Waals surface area contributed by atoms with Crippen LogP contribution in [0.25, 0.3) is 0 Å². The lowest BCUT2D eigenvalue weighted by Gasteiger charge is -2.41. The molecule has 0 heterocycles. The minimum atomic E-state index is -0.0700. The van der Waals surface area contributed by atoms with Crippen molar-refractivity contribution in [1.82, 2.24) is 5.32 Å². The lowest BCUT2D eigenvalue weighted by molar-refractivity contribution is 0.0323. The Balaban J connectivity index is 1.83. The Labute approximate surface area is 87.1 Å². The highest BCUT2D eigenvalue weighted by atomic mass is 16.3. The zero-order valence-electron chi connectivity index (χ0n) is 9.37. The summed E-state index contributed by atoms with van der Waals surface area (Å²) in [5.41, 5.74) is 0. The maximum Gasteiger partial charge on any atom is 0.0693 e. The topological polar surface area (TPSA) is 32.3 Å². The zero-order valence-corrected chi connectivity index (χ0v) is 9.37. The van der Waals surface area contributed by atoms with E-state index in [-0.39, 0.29) is 6.10 Å². The lowest BCUT2D eigenvalue weighted by atomic mass is 9.76. The highest BCUT2D eigenvalue weighted by Gasteiger charge is 2.34. The molecule has 3 unspecified atom stereocenters. The van der Waals surface area contributed by atoms with Gasteiger partial charge in [-0.3, -0.25) is 0 Å². The van der Waals surface area contributed by atoms with Crippen LogP contribution in [-0.4, -0.2) is 23.3 Å². The van der Waals surface area contributed by atoms with Crippen LogP contribution in [0.2, 0.25) is 0 Å².